The fourth-order valence-corrected chi connectivity index (χ4v) is 2.89. The number of benzene rings is 1. The van der Waals surface area contributed by atoms with Crippen molar-refractivity contribution in [1.82, 2.24) is 4.90 Å². The highest BCUT2D eigenvalue weighted by Crippen LogP contribution is 2.32. The van der Waals surface area contributed by atoms with Gasteiger partial charge in [-0.25, -0.2) is 4.39 Å². The van der Waals surface area contributed by atoms with Gasteiger partial charge in [-0.2, -0.15) is 0 Å². The van der Waals surface area contributed by atoms with E-state index in [9.17, 15) is 9.18 Å². The number of nitrogens with zero attached hydrogens (tertiary/aromatic N) is 1. The molecule has 6 heteroatoms. The molecule has 0 aliphatic carbocycles. The maximum Gasteiger partial charge on any atom is 0.266 e. The molecular formula is C13H12FNO2S2. The minimum atomic E-state index is -0.301. The Kier molecular flexibility index (Phi) is 4.68. The average Bonchev–Trinajstić information content (AvgIpc) is 2.65. The van der Waals surface area contributed by atoms with Gasteiger partial charge in [0.1, 0.15) is 10.1 Å². The first-order valence-electron chi connectivity index (χ1n) is 5.61. The number of hydrogen-bond acceptors (Lipinski definition) is 4. The van der Waals surface area contributed by atoms with E-state index in [1.54, 1.807) is 25.3 Å². The van der Waals surface area contributed by atoms with Crippen LogP contribution in [0.15, 0.2) is 29.2 Å². The monoisotopic (exact) mass is 297 g/mol. The summed E-state index contributed by atoms with van der Waals surface area (Å²) in [6, 6.07) is 5.96. The molecule has 0 radical (unpaired) electrons. The second-order valence-corrected chi connectivity index (χ2v) is 5.55. The zero-order valence-corrected chi connectivity index (χ0v) is 11.9. The van der Waals surface area contributed by atoms with Crippen LogP contribution in [0.3, 0.4) is 0 Å². The lowest BCUT2D eigenvalue weighted by molar-refractivity contribution is -0.122. The summed E-state index contributed by atoms with van der Waals surface area (Å²) < 4.78 is 18.3. The van der Waals surface area contributed by atoms with E-state index in [2.05, 4.69) is 0 Å². The van der Waals surface area contributed by atoms with E-state index in [-0.39, 0.29) is 11.7 Å². The molecule has 1 aromatic carbocycles. The molecule has 1 aliphatic heterocycles. The van der Waals surface area contributed by atoms with E-state index in [0.717, 1.165) is 5.56 Å². The van der Waals surface area contributed by atoms with Crippen molar-refractivity contribution in [2.75, 3.05) is 20.3 Å². The molecule has 1 amide bonds. The number of ether oxygens (including phenoxy) is 1. The Labute approximate surface area is 120 Å². The molecule has 1 heterocycles. The van der Waals surface area contributed by atoms with Crippen molar-refractivity contribution in [1.29, 1.82) is 0 Å². The van der Waals surface area contributed by atoms with Crippen LogP contribution in [0.1, 0.15) is 5.56 Å². The van der Waals surface area contributed by atoms with E-state index >= 15 is 0 Å². The topological polar surface area (TPSA) is 29.5 Å². The minimum absolute atomic E-state index is 0.128. The van der Waals surface area contributed by atoms with Crippen molar-refractivity contribution in [3.63, 3.8) is 0 Å². The SMILES string of the molecule is COCCN1C(=O)/C(=C/c2ccc(F)cc2)SC1=S. The molecule has 1 saturated heterocycles. The third kappa shape index (κ3) is 3.40. The fraction of sp³-hybridized carbons (Fsp3) is 0.231. The maximum absolute atomic E-state index is 12.8. The first-order valence-corrected chi connectivity index (χ1v) is 6.84. The van der Waals surface area contributed by atoms with E-state index in [4.69, 9.17) is 17.0 Å². The molecular weight excluding hydrogens is 285 g/mol. The summed E-state index contributed by atoms with van der Waals surface area (Å²) in [4.78, 5) is 14.2. The lowest BCUT2D eigenvalue weighted by atomic mass is 10.2. The summed E-state index contributed by atoms with van der Waals surface area (Å²) in [5, 5.41) is 0. The summed E-state index contributed by atoms with van der Waals surface area (Å²) in [5.74, 6) is -0.429. The van der Waals surface area contributed by atoms with Crippen LogP contribution in [0.2, 0.25) is 0 Å². The molecule has 0 bridgehead atoms. The van der Waals surface area contributed by atoms with Crippen molar-refractivity contribution in [2.24, 2.45) is 0 Å². The van der Waals surface area contributed by atoms with Gasteiger partial charge >= 0.3 is 0 Å². The summed E-state index contributed by atoms with van der Waals surface area (Å²) in [7, 11) is 1.58. The van der Waals surface area contributed by atoms with Crippen LogP contribution in [-0.2, 0) is 9.53 Å². The standard InChI is InChI=1S/C13H12FNO2S2/c1-17-7-6-15-12(16)11(19-13(15)18)8-9-2-4-10(14)5-3-9/h2-5,8H,6-7H2,1H3/b11-8-. The third-order valence-corrected chi connectivity index (χ3v) is 3.94. The average molecular weight is 297 g/mol. The Morgan fingerprint density at radius 3 is 2.74 bits per heavy atom. The van der Waals surface area contributed by atoms with Crippen LogP contribution in [0.5, 0.6) is 0 Å². The zero-order chi connectivity index (χ0) is 13.8. The zero-order valence-electron chi connectivity index (χ0n) is 10.3. The highest BCUT2D eigenvalue weighted by molar-refractivity contribution is 8.26. The predicted molar refractivity (Wildman–Crippen MR) is 78.2 cm³/mol. The number of amides is 1. The first kappa shape index (κ1) is 14.2. The van der Waals surface area contributed by atoms with Crippen molar-refractivity contribution in [2.45, 2.75) is 0 Å². The van der Waals surface area contributed by atoms with Crippen LogP contribution in [0.4, 0.5) is 4.39 Å². The molecule has 0 saturated carbocycles. The number of methoxy groups -OCH3 is 1. The summed E-state index contributed by atoms with van der Waals surface area (Å²) in [6.07, 6.45) is 1.71. The smallest absolute Gasteiger partial charge is 0.266 e. The molecule has 1 aromatic rings. The van der Waals surface area contributed by atoms with Gasteiger partial charge < -0.3 is 4.74 Å². The molecule has 0 spiro atoms. The highest BCUT2D eigenvalue weighted by Gasteiger charge is 2.31. The fourth-order valence-electron chi connectivity index (χ4n) is 1.59. The van der Waals surface area contributed by atoms with Gasteiger partial charge in [-0.3, -0.25) is 9.69 Å². The lowest BCUT2D eigenvalue weighted by Gasteiger charge is -2.12. The molecule has 19 heavy (non-hydrogen) atoms. The lowest BCUT2D eigenvalue weighted by Crippen LogP contribution is -2.31. The molecule has 0 aromatic heterocycles. The Balaban J connectivity index is 2.16. The number of thioether (sulfide) groups is 1. The molecule has 3 nitrogen and oxygen atoms in total. The second kappa shape index (κ2) is 6.27. The molecule has 1 fully saturated rings. The number of carbonyl (C=O) groups excluding carboxylic acids is 1. The Bertz CT molecular complexity index is 528. The van der Waals surface area contributed by atoms with E-state index in [1.807, 2.05) is 0 Å². The number of hydrogen-bond donors (Lipinski definition) is 0. The van der Waals surface area contributed by atoms with Crippen LogP contribution in [0, 0.1) is 5.82 Å². The molecule has 0 atom stereocenters. The molecule has 2 rings (SSSR count). The Morgan fingerprint density at radius 2 is 2.11 bits per heavy atom. The van der Waals surface area contributed by atoms with Crippen LogP contribution >= 0.6 is 24.0 Å². The van der Waals surface area contributed by atoms with Gasteiger partial charge in [0, 0.05) is 7.11 Å². The van der Waals surface area contributed by atoms with E-state index < -0.39 is 0 Å². The first-order chi connectivity index (χ1) is 9.11. The van der Waals surface area contributed by atoms with Crippen molar-refractivity contribution in [3.05, 3.63) is 40.6 Å². The van der Waals surface area contributed by atoms with Crippen LogP contribution in [0.25, 0.3) is 6.08 Å². The number of thiocarbonyl (C=S) groups is 1. The molecule has 100 valence electrons. The largest absolute Gasteiger partial charge is 0.383 e. The third-order valence-electron chi connectivity index (χ3n) is 2.56. The maximum atomic E-state index is 12.8. The van der Waals surface area contributed by atoms with E-state index in [1.165, 1.54) is 28.8 Å². The number of carbonyl (C=O) groups is 1. The van der Waals surface area contributed by atoms with Crippen molar-refractivity contribution < 1.29 is 13.9 Å². The molecule has 0 unspecified atom stereocenters. The van der Waals surface area contributed by atoms with Crippen LogP contribution in [-0.4, -0.2) is 35.4 Å². The quantitative estimate of drug-likeness (QED) is 0.631. The van der Waals surface area contributed by atoms with Gasteiger partial charge in [-0.15, -0.1) is 0 Å². The summed E-state index contributed by atoms with van der Waals surface area (Å²) >= 11 is 6.41. The molecule has 1 aliphatic rings. The number of rotatable bonds is 4. The minimum Gasteiger partial charge on any atom is -0.383 e. The Morgan fingerprint density at radius 1 is 1.42 bits per heavy atom. The number of halogens is 1. The van der Waals surface area contributed by atoms with E-state index in [0.29, 0.717) is 22.4 Å². The molecule has 0 N–H and O–H groups in total. The summed E-state index contributed by atoms with van der Waals surface area (Å²) in [6.45, 7) is 0.887. The van der Waals surface area contributed by atoms with Crippen molar-refractivity contribution >= 4 is 40.3 Å². The van der Waals surface area contributed by atoms with Gasteiger partial charge in [0.15, 0.2) is 0 Å². The van der Waals surface area contributed by atoms with Gasteiger partial charge in [0.25, 0.3) is 5.91 Å². The normalized spacial score (nSPS) is 17.6. The predicted octanol–water partition coefficient (Wildman–Crippen LogP) is 2.67. The van der Waals surface area contributed by atoms with Crippen LogP contribution < -0.4 is 0 Å². The Hall–Kier alpha value is -1.24. The van der Waals surface area contributed by atoms with Gasteiger partial charge in [-0.05, 0) is 23.8 Å². The highest BCUT2D eigenvalue weighted by atomic mass is 32.2. The summed E-state index contributed by atoms with van der Waals surface area (Å²) in [5.41, 5.74) is 0.772. The van der Waals surface area contributed by atoms with Gasteiger partial charge in [0.05, 0.1) is 18.1 Å². The van der Waals surface area contributed by atoms with Gasteiger partial charge in [0.2, 0.25) is 0 Å². The van der Waals surface area contributed by atoms with Crippen molar-refractivity contribution in [3.8, 4) is 0 Å². The second-order valence-electron chi connectivity index (χ2n) is 3.88. The van der Waals surface area contributed by atoms with Gasteiger partial charge in [-0.1, -0.05) is 36.1 Å².